The monoisotopic (exact) mass is 314 g/mol. The number of amides is 1. The van der Waals surface area contributed by atoms with E-state index in [4.69, 9.17) is 0 Å². The molecule has 0 spiro atoms. The van der Waals surface area contributed by atoms with Crippen molar-refractivity contribution in [2.75, 3.05) is 18.4 Å². The number of anilines is 1. The quantitative estimate of drug-likeness (QED) is 0.675. The lowest BCUT2D eigenvalue weighted by Crippen LogP contribution is -2.28. The highest BCUT2D eigenvalue weighted by Gasteiger charge is 2.05. The largest absolute Gasteiger partial charge is 0.367 e. The fourth-order valence-electron chi connectivity index (χ4n) is 1.82. The van der Waals surface area contributed by atoms with Crippen LogP contribution in [0.3, 0.4) is 0 Å². The molecule has 22 heavy (non-hydrogen) atoms. The molecule has 0 saturated heterocycles. The van der Waals surface area contributed by atoms with Crippen molar-refractivity contribution in [2.45, 2.75) is 0 Å². The molecule has 0 aromatic carbocycles. The fourth-order valence-corrected chi connectivity index (χ4v) is 2.46. The van der Waals surface area contributed by atoms with Gasteiger partial charge in [0.1, 0.15) is 5.82 Å². The molecule has 8 heteroatoms. The first-order valence-electron chi connectivity index (χ1n) is 6.70. The average Bonchev–Trinajstić information content (AvgIpc) is 3.24. The molecular weight excluding hydrogens is 300 g/mol. The Morgan fingerprint density at radius 3 is 3.00 bits per heavy atom. The van der Waals surface area contributed by atoms with Crippen LogP contribution in [0.4, 0.5) is 5.82 Å². The van der Waals surface area contributed by atoms with Crippen LogP contribution in [0.25, 0.3) is 5.82 Å². The van der Waals surface area contributed by atoms with Gasteiger partial charge in [-0.2, -0.15) is 5.10 Å². The number of carbonyl (C=O) groups excluding carboxylic acids is 1. The van der Waals surface area contributed by atoms with Crippen LogP contribution in [0, 0.1) is 0 Å². The van der Waals surface area contributed by atoms with Crippen molar-refractivity contribution < 1.29 is 4.79 Å². The summed E-state index contributed by atoms with van der Waals surface area (Å²) in [4.78, 5) is 21.0. The minimum Gasteiger partial charge on any atom is -0.367 e. The first-order chi connectivity index (χ1) is 10.8. The van der Waals surface area contributed by atoms with E-state index in [1.54, 1.807) is 35.5 Å². The Morgan fingerprint density at radius 2 is 2.23 bits per heavy atom. The number of nitrogens with one attached hydrogen (secondary N) is 2. The van der Waals surface area contributed by atoms with Crippen molar-refractivity contribution >= 4 is 23.1 Å². The molecule has 3 heterocycles. The lowest BCUT2D eigenvalue weighted by molar-refractivity contribution is 0.0959. The predicted octanol–water partition coefficient (Wildman–Crippen LogP) is 1.57. The number of carbonyl (C=O) groups is 1. The SMILES string of the molecule is O=C(NCCNc1cncc(-n2cccn2)n1)c1cccs1. The lowest BCUT2D eigenvalue weighted by atomic mass is 10.4. The van der Waals surface area contributed by atoms with E-state index in [9.17, 15) is 4.79 Å². The van der Waals surface area contributed by atoms with Gasteiger partial charge in [-0.25, -0.2) is 9.67 Å². The van der Waals surface area contributed by atoms with Crippen LogP contribution in [0.1, 0.15) is 9.67 Å². The zero-order valence-corrected chi connectivity index (χ0v) is 12.5. The molecular formula is C14H14N6OS. The van der Waals surface area contributed by atoms with Crippen molar-refractivity contribution in [2.24, 2.45) is 0 Å². The van der Waals surface area contributed by atoms with Gasteiger partial charge in [-0.15, -0.1) is 11.3 Å². The Morgan fingerprint density at radius 1 is 1.27 bits per heavy atom. The van der Waals surface area contributed by atoms with E-state index >= 15 is 0 Å². The van der Waals surface area contributed by atoms with Crippen molar-refractivity contribution in [3.05, 3.63) is 53.2 Å². The zero-order chi connectivity index (χ0) is 15.2. The van der Waals surface area contributed by atoms with E-state index < -0.39 is 0 Å². The summed E-state index contributed by atoms with van der Waals surface area (Å²) in [6, 6.07) is 5.47. The third-order valence-corrected chi connectivity index (χ3v) is 3.69. The van der Waals surface area contributed by atoms with Gasteiger partial charge in [0.25, 0.3) is 5.91 Å². The molecule has 0 radical (unpaired) electrons. The van der Waals surface area contributed by atoms with Crippen LogP contribution in [0.5, 0.6) is 0 Å². The molecule has 0 aliphatic carbocycles. The predicted molar refractivity (Wildman–Crippen MR) is 84.3 cm³/mol. The second-order valence-corrected chi connectivity index (χ2v) is 5.32. The van der Waals surface area contributed by atoms with E-state index in [0.29, 0.717) is 29.6 Å². The molecule has 112 valence electrons. The Bertz CT molecular complexity index is 726. The summed E-state index contributed by atoms with van der Waals surface area (Å²) in [5.41, 5.74) is 0. The summed E-state index contributed by atoms with van der Waals surface area (Å²) in [6.07, 6.45) is 6.75. The fraction of sp³-hybridized carbons (Fsp3) is 0.143. The Hall–Kier alpha value is -2.74. The molecule has 3 aromatic heterocycles. The number of nitrogens with zero attached hydrogens (tertiary/aromatic N) is 4. The van der Waals surface area contributed by atoms with Gasteiger partial charge in [0.15, 0.2) is 5.82 Å². The number of rotatable bonds is 6. The van der Waals surface area contributed by atoms with E-state index in [1.807, 2.05) is 17.5 Å². The smallest absolute Gasteiger partial charge is 0.261 e. The molecule has 0 aliphatic rings. The average molecular weight is 314 g/mol. The number of aromatic nitrogens is 4. The molecule has 3 rings (SSSR count). The summed E-state index contributed by atoms with van der Waals surface area (Å²) in [7, 11) is 0. The topological polar surface area (TPSA) is 84.7 Å². The summed E-state index contributed by atoms with van der Waals surface area (Å²) in [5.74, 6) is 1.21. The minimum absolute atomic E-state index is 0.0619. The number of hydrogen-bond donors (Lipinski definition) is 2. The van der Waals surface area contributed by atoms with Gasteiger partial charge < -0.3 is 10.6 Å². The van der Waals surface area contributed by atoms with E-state index in [0.717, 1.165) is 0 Å². The van der Waals surface area contributed by atoms with E-state index in [1.165, 1.54) is 11.3 Å². The normalized spacial score (nSPS) is 10.4. The van der Waals surface area contributed by atoms with Crippen molar-refractivity contribution in [3.63, 3.8) is 0 Å². The molecule has 2 N–H and O–H groups in total. The van der Waals surface area contributed by atoms with Gasteiger partial charge in [0.2, 0.25) is 0 Å². The van der Waals surface area contributed by atoms with Crippen LogP contribution < -0.4 is 10.6 Å². The molecule has 0 bridgehead atoms. The number of thiophene rings is 1. The molecule has 7 nitrogen and oxygen atoms in total. The van der Waals surface area contributed by atoms with E-state index in [2.05, 4.69) is 25.7 Å². The molecule has 0 aliphatic heterocycles. The maximum Gasteiger partial charge on any atom is 0.261 e. The summed E-state index contributed by atoms with van der Waals surface area (Å²) >= 11 is 1.42. The third kappa shape index (κ3) is 3.47. The van der Waals surface area contributed by atoms with Gasteiger partial charge in [-0.05, 0) is 17.5 Å². The van der Waals surface area contributed by atoms with Gasteiger partial charge in [-0.1, -0.05) is 6.07 Å². The van der Waals surface area contributed by atoms with Gasteiger partial charge in [0.05, 0.1) is 17.3 Å². The Balaban J connectivity index is 1.50. The van der Waals surface area contributed by atoms with Crippen molar-refractivity contribution in [3.8, 4) is 5.82 Å². The lowest BCUT2D eigenvalue weighted by Gasteiger charge is -2.07. The standard InChI is InChI=1S/C14H14N6OS/c21-14(11-3-1-8-22-11)17-6-5-16-12-9-15-10-13(19-12)20-7-2-4-18-20/h1-4,7-10H,5-6H2,(H,16,19)(H,17,21). The zero-order valence-electron chi connectivity index (χ0n) is 11.6. The maximum absolute atomic E-state index is 11.8. The van der Waals surface area contributed by atoms with Gasteiger partial charge >= 0.3 is 0 Å². The minimum atomic E-state index is -0.0619. The third-order valence-electron chi connectivity index (χ3n) is 2.82. The summed E-state index contributed by atoms with van der Waals surface area (Å²) in [6.45, 7) is 1.07. The van der Waals surface area contributed by atoms with Gasteiger partial charge in [0, 0.05) is 25.5 Å². The molecule has 1 amide bonds. The second-order valence-electron chi connectivity index (χ2n) is 4.37. The number of hydrogen-bond acceptors (Lipinski definition) is 6. The first kappa shape index (κ1) is 14.2. The Kier molecular flexibility index (Phi) is 4.40. The molecule has 0 unspecified atom stereocenters. The van der Waals surface area contributed by atoms with Crippen molar-refractivity contribution in [1.29, 1.82) is 0 Å². The van der Waals surface area contributed by atoms with Crippen LogP contribution in [0.15, 0.2) is 48.4 Å². The van der Waals surface area contributed by atoms with E-state index in [-0.39, 0.29) is 5.91 Å². The van der Waals surface area contributed by atoms with Crippen LogP contribution in [-0.2, 0) is 0 Å². The highest BCUT2D eigenvalue weighted by molar-refractivity contribution is 7.12. The first-order valence-corrected chi connectivity index (χ1v) is 7.58. The second kappa shape index (κ2) is 6.81. The molecule has 0 atom stereocenters. The maximum atomic E-state index is 11.8. The molecule has 0 fully saturated rings. The van der Waals surface area contributed by atoms with Crippen LogP contribution in [-0.4, -0.2) is 38.7 Å². The summed E-state index contributed by atoms with van der Waals surface area (Å²) < 4.78 is 1.64. The molecule has 3 aromatic rings. The Labute approximate surface area is 131 Å². The molecule has 0 saturated carbocycles. The highest BCUT2D eigenvalue weighted by atomic mass is 32.1. The van der Waals surface area contributed by atoms with Crippen LogP contribution >= 0.6 is 11.3 Å². The summed E-state index contributed by atoms with van der Waals surface area (Å²) in [5, 5.41) is 11.9. The van der Waals surface area contributed by atoms with Crippen LogP contribution in [0.2, 0.25) is 0 Å². The highest BCUT2D eigenvalue weighted by Crippen LogP contribution is 2.08. The van der Waals surface area contributed by atoms with Crippen molar-refractivity contribution in [1.82, 2.24) is 25.1 Å². The van der Waals surface area contributed by atoms with Gasteiger partial charge in [-0.3, -0.25) is 9.78 Å².